The van der Waals surface area contributed by atoms with Gasteiger partial charge in [0.1, 0.15) is 29.4 Å². The molecule has 2 heterocycles. The van der Waals surface area contributed by atoms with E-state index in [0.29, 0.717) is 11.5 Å². The number of rotatable bonds is 9. The number of nitrogens with zero attached hydrogens (tertiary/aromatic N) is 1. The van der Waals surface area contributed by atoms with Gasteiger partial charge in [-0.2, -0.15) is 0 Å². The Kier molecular flexibility index (Phi) is 8.07. The van der Waals surface area contributed by atoms with Crippen LogP contribution >= 0.6 is 0 Å². The Morgan fingerprint density at radius 2 is 1.45 bits per heavy atom. The van der Waals surface area contributed by atoms with E-state index in [1.165, 1.54) is 4.90 Å². The van der Waals surface area contributed by atoms with Crippen molar-refractivity contribution in [3.8, 4) is 11.5 Å². The molecule has 2 N–H and O–H groups in total. The number of imide groups is 1. The Bertz CT molecular complexity index is 1270. The molecule has 9 heteroatoms. The number of hydrogen-bond donors (Lipinski definition) is 2. The number of urea groups is 1. The second-order valence-electron chi connectivity index (χ2n) is 10.1. The molecule has 3 amide bonds. The minimum absolute atomic E-state index is 0.0363. The molecule has 210 valence electrons. The van der Waals surface area contributed by atoms with Crippen LogP contribution in [0.5, 0.6) is 11.5 Å². The zero-order valence-electron chi connectivity index (χ0n) is 22.8. The summed E-state index contributed by atoms with van der Waals surface area (Å²) in [4.78, 5) is 25.9. The highest BCUT2D eigenvalue weighted by Gasteiger charge is 2.45. The smallest absolute Gasteiger partial charge is 0.326 e. The van der Waals surface area contributed by atoms with Gasteiger partial charge in [0.2, 0.25) is 5.91 Å². The number of carbonyl (C=O) groups is 2. The van der Waals surface area contributed by atoms with E-state index >= 15 is 0 Å². The molecule has 40 heavy (non-hydrogen) atoms. The van der Waals surface area contributed by atoms with Gasteiger partial charge in [0.05, 0.1) is 32.8 Å². The number of aliphatic hydroxyl groups is 1. The van der Waals surface area contributed by atoms with Crippen molar-refractivity contribution in [1.82, 2.24) is 10.2 Å². The van der Waals surface area contributed by atoms with Crippen molar-refractivity contribution < 1.29 is 33.6 Å². The summed E-state index contributed by atoms with van der Waals surface area (Å²) in [6.45, 7) is 2.01. The molecule has 9 nitrogen and oxygen atoms in total. The van der Waals surface area contributed by atoms with Gasteiger partial charge in [0.25, 0.3) is 0 Å². The van der Waals surface area contributed by atoms with Gasteiger partial charge in [-0.25, -0.2) is 4.79 Å². The Balaban J connectivity index is 1.49. The molecule has 2 aliphatic heterocycles. The van der Waals surface area contributed by atoms with Gasteiger partial charge >= 0.3 is 6.03 Å². The molecule has 0 bridgehead atoms. The summed E-state index contributed by atoms with van der Waals surface area (Å²) in [5, 5.41) is 13.3. The number of amides is 3. The number of ether oxygens (including phenoxy) is 4. The van der Waals surface area contributed by atoms with Gasteiger partial charge in [0, 0.05) is 13.0 Å². The van der Waals surface area contributed by atoms with Crippen LogP contribution in [0.3, 0.4) is 0 Å². The van der Waals surface area contributed by atoms with Crippen molar-refractivity contribution in [3.63, 3.8) is 0 Å². The first-order chi connectivity index (χ1) is 19.3. The molecule has 4 atom stereocenters. The highest BCUT2D eigenvalue weighted by Crippen LogP contribution is 2.42. The molecule has 3 aromatic carbocycles. The van der Waals surface area contributed by atoms with E-state index in [1.807, 2.05) is 78.9 Å². The first-order valence-electron chi connectivity index (χ1n) is 13.3. The van der Waals surface area contributed by atoms with Crippen LogP contribution in [-0.2, 0) is 19.9 Å². The lowest BCUT2D eigenvalue weighted by Gasteiger charge is -2.37. The van der Waals surface area contributed by atoms with Crippen molar-refractivity contribution in [3.05, 3.63) is 95.6 Å². The third-order valence-electron chi connectivity index (χ3n) is 7.60. The molecule has 3 aromatic rings. The van der Waals surface area contributed by atoms with E-state index in [1.54, 1.807) is 21.1 Å². The van der Waals surface area contributed by atoms with Gasteiger partial charge in [-0.1, -0.05) is 61.5 Å². The number of hydrogen-bond acceptors (Lipinski definition) is 7. The zero-order chi connectivity index (χ0) is 28.3. The average Bonchev–Trinajstić information content (AvgIpc) is 3.36. The fraction of sp³-hybridized carbons (Fsp3) is 0.355. The second kappa shape index (κ2) is 11.7. The molecule has 2 fully saturated rings. The largest absolute Gasteiger partial charge is 0.497 e. The molecule has 0 unspecified atom stereocenters. The van der Waals surface area contributed by atoms with Crippen molar-refractivity contribution in [2.75, 3.05) is 27.4 Å². The first kappa shape index (κ1) is 27.6. The number of carbonyl (C=O) groups excluding carboxylic acids is 2. The van der Waals surface area contributed by atoms with Gasteiger partial charge in [0.15, 0.2) is 0 Å². The molecule has 0 aliphatic carbocycles. The van der Waals surface area contributed by atoms with E-state index in [2.05, 4.69) is 5.32 Å². The van der Waals surface area contributed by atoms with Crippen LogP contribution in [0.1, 0.15) is 30.0 Å². The molecule has 5 rings (SSSR count). The van der Waals surface area contributed by atoms with E-state index in [0.717, 1.165) is 16.7 Å². The number of methoxy groups -OCH3 is 2. The third kappa shape index (κ3) is 5.28. The van der Waals surface area contributed by atoms with E-state index in [9.17, 15) is 14.7 Å². The van der Waals surface area contributed by atoms with Crippen LogP contribution in [0.2, 0.25) is 0 Å². The van der Waals surface area contributed by atoms with Crippen molar-refractivity contribution in [1.29, 1.82) is 0 Å². The Labute approximate surface area is 233 Å². The van der Waals surface area contributed by atoms with Crippen LogP contribution in [-0.4, -0.2) is 67.8 Å². The number of aliphatic hydroxyl groups excluding tert-OH is 1. The topological polar surface area (TPSA) is 107 Å². The minimum atomic E-state index is -1.07. The maximum absolute atomic E-state index is 12.5. The summed E-state index contributed by atoms with van der Waals surface area (Å²) in [7, 11) is 3.24. The van der Waals surface area contributed by atoms with Gasteiger partial charge in [-0.15, -0.1) is 0 Å². The average molecular weight is 547 g/mol. The minimum Gasteiger partial charge on any atom is -0.497 e. The Hall–Kier alpha value is -3.92. The summed E-state index contributed by atoms with van der Waals surface area (Å²) in [5.41, 5.74) is 1.54. The lowest BCUT2D eigenvalue weighted by atomic mass is 9.80. The van der Waals surface area contributed by atoms with Gasteiger partial charge < -0.3 is 24.1 Å². The molecule has 0 spiro atoms. The second-order valence-corrected chi connectivity index (χ2v) is 10.1. The summed E-state index contributed by atoms with van der Waals surface area (Å²) < 4.78 is 23.8. The van der Waals surface area contributed by atoms with Crippen LogP contribution in [0.15, 0.2) is 78.9 Å². The monoisotopic (exact) mass is 546 g/mol. The number of nitrogens with one attached hydrogen (secondary N) is 1. The molecule has 2 aliphatic rings. The van der Waals surface area contributed by atoms with Crippen LogP contribution in [0, 0.1) is 5.92 Å². The summed E-state index contributed by atoms with van der Waals surface area (Å²) in [5.74, 6) is 0.742. The lowest BCUT2D eigenvalue weighted by molar-refractivity contribution is -0.130. The highest BCUT2D eigenvalue weighted by molar-refractivity contribution is 5.97. The SMILES string of the molecule is COc1ccc(C(OC[C@H]2O[C@@H](N3C[C@H](C)C(=O)NC3=O)C[C@@H]2O)(c2ccccc2)c2ccc(OC)cc2)cc1. The van der Waals surface area contributed by atoms with E-state index in [-0.39, 0.29) is 31.4 Å². The van der Waals surface area contributed by atoms with Crippen molar-refractivity contribution in [2.45, 2.75) is 37.4 Å². The van der Waals surface area contributed by atoms with Crippen molar-refractivity contribution in [2.24, 2.45) is 5.92 Å². The predicted octanol–water partition coefficient (Wildman–Crippen LogP) is 3.68. The zero-order valence-corrected chi connectivity index (χ0v) is 22.8. The fourth-order valence-electron chi connectivity index (χ4n) is 5.35. The van der Waals surface area contributed by atoms with E-state index < -0.39 is 30.1 Å². The lowest BCUT2D eigenvalue weighted by Crippen LogP contribution is -2.57. The predicted molar refractivity (Wildman–Crippen MR) is 147 cm³/mol. The summed E-state index contributed by atoms with van der Waals surface area (Å²) in [6, 6.07) is 24.7. The van der Waals surface area contributed by atoms with Crippen LogP contribution in [0.4, 0.5) is 4.79 Å². The third-order valence-corrected chi connectivity index (χ3v) is 7.60. The molecular weight excluding hydrogens is 512 g/mol. The molecular formula is C31H34N2O7. The van der Waals surface area contributed by atoms with E-state index in [4.69, 9.17) is 18.9 Å². The summed E-state index contributed by atoms with van der Waals surface area (Å²) >= 11 is 0. The Morgan fingerprint density at radius 1 is 0.900 bits per heavy atom. The maximum Gasteiger partial charge on any atom is 0.326 e. The van der Waals surface area contributed by atoms with Gasteiger partial charge in [-0.3, -0.25) is 15.0 Å². The normalized spacial score (nSPS) is 23.1. The standard InChI is InChI=1S/C31H34N2O7/c1-20-18-33(30(36)32-29(20)35)28-17-26(34)27(40-28)19-39-31(21-7-5-4-6-8-21,22-9-13-24(37-2)14-10-22)23-11-15-25(38-3)16-12-23/h4-16,20,26-28,34H,17-19H2,1-3H3,(H,32,35,36)/t20-,26-,27+,28+/m0/s1. The molecule has 0 aromatic heterocycles. The number of benzene rings is 3. The van der Waals surface area contributed by atoms with Crippen LogP contribution in [0.25, 0.3) is 0 Å². The molecule has 0 saturated carbocycles. The van der Waals surface area contributed by atoms with Crippen LogP contribution < -0.4 is 14.8 Å². The highest BCUT2D eigenvalue weighted by atomic mass is 16.6. The van der Waals surface area contributed by atoms with Gasteiger partial charge in [-0.05, 0) is 41.0 Å². The first-order valence-corrected chi connectivity index (χ1v) is 13.3. The fourth-order valence-corrected chi connectivity index (χ4v) is 5.35. The molecule has 0 radical (unpaired) electrons. The Morgan fingerprint density at radius 3 is 2.00 bits per heavy atom. The quantitative estimate of drug-likeness (QED) is 0.395. The van der Waals surface area contributed by atoms with Crippen molar-refractivity contribution >= 4 is 11.9 Å². The maximum atomic E-state index is 12.5. The summed E-state index contributed by atoms with van der Waals surface area (Å²) in [6.07, 6.45) is -2.03. The molecule has 2 saturated heterocycles.